The summed E-state index contributed by atoms with van der Waals surface area (Å²) in [4.78, 5) is 8.40. The maximum absolute atomic E-state index is 5.52. The third kappa shape index (κ3) is 1.72. The van der Waals surface area contributed by atoms with Crippen molar-refractivity contribution < 1.29 is 0 Å². The molecule has 14 heavy (non-hydrogen) atoms. The van der Waals surface area contributed by atoms with Crippen LogP contribution < -0.4 is 5.73 Å². The van der Waals surface area contributed by atoms with Crippen LogP contribution in [0.4, 0.5) is 5.13 Å². The fraction of sp³-hybridized carbons (Fsp3) is 0.222. The lowest BCUT2D eigenvalue weighted by Crippen LogP contribution is -1.89. The van der Waals surface area contributed by atoms with Gasteiger partial charge in [-0.1, -0.05) is 0 Å². The van der Waals surface area contributed by atoms with Gasteiger partial charge in [0, 0.05) is 28.5 Å². The van der Waals surface area contributed by atoms with Crippen LogP contribution in [0.15, 0.2) is 12.1 Å². The molecule has 5 heteroatoms. The van der Waals surface area contributed by atoms with Gasteiger partial charge in [-0.15, -0.1) is 0 Å². The lowest BCUT2D eigenvalue weighted by atomic mass is 10.2. The molecule has 0 aliphatic heterocycles. The number of hydrogen-bond donors (Lipinski definition) is 1. The number of pyridine rings is 1. The number of nitrogens with two attached hydrogens (primary N) is 1. The summed E-state index contributed by atoms with van der Waals surface area (Å²) >= 11 is 1.21. The highest BCUT2D eigenvalue weighted by Gasteiger charge is 2.05. The molecule has 0 bridgehead atoms. The molecule has 2 aromatic heterocycles. The summed E-state index contributed by atoms with van der Waals surface area (Å²) in [7, 11) is 0. The van der Waals surface area contributed by atoms with E-state index in [-0.39, 0.29) is 0 Å². The number of nitrogens with zero attached hydrogens (tertiary/aromatic N) is 3. The molecule has 0 atom stereocenters. The van der Waals surface area contributed by atoms with Crippen molar-refractivity contribution in [2.45, 2.75) is 13.8 Å². The van der Waals surface area contributed by atoms with E-state index in [1.807, 2.05) is 26.0 Å². The normalized spacial score (nSPS) is 10.4. The molecule has 2 aromatic rings. The van der Waals surface area contributed by atoms with Gasteiger partial charge in [0.1, 0.15) is 0 Å². The maximum atomic E-state index is 5.52. The third-order valence-electron chi connectivity index (χ3n) is 1.78. The molecule has 0 aromatic carbocycles. The van der Waals surface area contributed by atoms with E-state index in [4.69, 9.17) is 5.73 Å². The van der Waals surface area contributed by atoms with Crippen molar-refractivity contribution in [1.82, 2.24) is 14.3 Å². The monoisotopic (exact) mass is 206 g/mol. The predicted octanol–water partition coefficient (Wildman–Crippen LogP) is 1.80. The molecule has 0 radical (unpaired) electrons. The van der Waals surface area contributed by atoms with Crippen LogP contribution in [0.25, 0.3) is 11.4 Å². The van der Waals surface area contributed by atoms with Crippen LogP contribution in [0.3, 0.4) is 0 Å². The van der Waals surface area contributed by atoms with Gasteiger partial charge >= 0.3 is 0 Å². The SMILES string of the molecule is Cc1cc(-c2nsc(N)n2)cc(C)n1. The fourth-order valence-corrected chi connectivity index (χ4v) is 1.77. The number of rotatable bonds is 1. The van der Waals surface area contributed by atoms with Gasteiger partial charge in [-0.05, 0) is 26.0 Å². The van der Waals surface area contributed by atoms with Crippen molar-refractivity contribution in [3.05, 3.63) is 23.5 Å². The topological polar surface area (TPSA) is 64.7 Å². The van der Waals surface area contributed by atoms with Crippen molar-refractivity contribution in [1.29, 1.82) is 0 Å². The van der Waals surface area contributed by atoms with Crippen LogP contribution in [0, 0.1) is 13.8 Å². The number of hydrogen-bond acceptors (Lipinski definition) is 5. The molecule has 72 valence electrons. The second-order valence-electron chi connectivity index (χ2n) is 3.09. The molecule has 2 rings (SSSR count). The number of aromatic nitrogens is 3. The van der Waals surface area contributed by atoms with Gasteiger partial charge in [-0.25, -0.2) is 0 Å². The van der Waals surface area contributed by atoms with E-state index in [1.54, 1.807) is 0 Å². The van der Waals surface area contributed by atoms with Gasteiger partial charge in [0.05, 0.1) is 0 Å². The highest BCUT2D eigenvalue weighted by atomic mass is 32.1. The number of aryl methyl sites for hydroxylation is 2. The van der Waals surface area contributed by atoms with E-state index in [2.05, 4.69) is 14.3 Å². The summed E-state index contributed by atoms with van der Waals surface area (Å²) < 4.78 is 4.15. The Balaban J connectivity index is 2.51. The molecular weight excluding hydrogens is 196 g/mol. The third-order valence-corrected chi connectivity index (χ3v) is 2.32. The first-order valence-corrected chi connectivity index (χ1v) is 4.97. The molecule has 0 fully saturated rings. The lowest BCUT2D eigenvalue weighted by molar-refractivity contribution is 1.12. The van der Waals surface area contributed by atoms with Crippen LogP contribution in [-0.2, 0) is 0 Å². The Morgan fingerprint density at radius 1 is 1.14 bits per heavy atom. The summed E-state index contributed by atoms with van der Waals surface area (Å²) in [6.07, 6.45) is 0. The van der Waals surface area contributed by atoms with E-state index in [0.29, 0.717) is 11.0 Å². The molecule has 4 nitrogen and oxygen atoms in total. The van der Waals surface area contributed by atoms with E-state index < -0.39 is 0 Å². The largest absolute Gasteiger partial charge is 0.374 e. The Bertz CT molecular complexity index is 443. The summed E-state index contributed by atoms with van der Waals surface area (Å²) in [5.41, 5.74) is 8.43. The Hall–Kier alpha value is -1.49. The summed E-state index contributed by atoms with van der Waals surface area (Å²) in [5, 5.41) is 0.493. The Morgan fingerprint density at radius 2 is 1.79 bits per heavy atom. The van der Waals surface area contributed by atoms with E-state index in [0.717, 1.165) is 17.0 Å². The van der Waals surface area contributed by atoms with Crippen LogP contribution in [-0.4, -0.2) is 14.3 Å². The van der Waals surface area contributed by atoms with Crippen LogP contribution in [0.2, 0.25) is 0 Å². The van der Waals surface area contributed by atoms with E-state index in [1.165, 1.54) is 11.5 Å². The van der Waals surface area contributed by atoms with Gasteiger partial charge in [0.15, 0.2) is 11.0 Å². The standard InChI is InChI=1S/C9H10N4S/c1-5-3-7(4-6(2)11-5)8-12-9(10)14-13-8/h3-4H,1-2H3,(H2,10,12,13). The molecule has 0 unspecified atom stereocenters. The smallest absolute Gasteiger partial charge is 0.200 e. The first-order valence-electron chi connectivity index (χ1n) is 4.20. The molecule has 0 spiro atoms. The first-order chi connectivity index (χ1) is 6.65. The molecule has 2 heterocycles. The second kappa shape index (κ2) is 3.34. The zero-order chi connectivity index (χ0) is 10.1. The zero-order valence-corrected chi connectivity index (χ0v) is 8.80. The molecule has 0 aliphatic carbocycles. The summed E-state index contributed by atoms with van der Waals surface area (Å²) in [6.45, 7) is 3.90. The van der Waals surface area contributed by atoms with E-state index in [9.17, 15) is 0 Å². The second-order valence-corrected chi connectivity index (χ2v) is 3.88. The highest BCUT2D eigenvalue weighted by Crippen LogP contribution is 2.20. The average molecular weight is 206 g/mol. The molecule has 0 saturated heterocycles. The van der Waals surface area contributed by atoms with Crippen molar-refractivity contribution in [2.24, 2.45) is 0 Å². The van der Waals surface area contributed by atoms with Crippen molar-refractivity contribution in [3.63, 3.8) is 0 Å². The molecule has 0 saturated carbocycles. The molecular formula is C9H10N4S. The first kappa shape index (κ1) is 9.08. The van der Waals surface area contributed by atoms with Crippen molar-refractivity contribution in [2.75, 3.05) is 5.73 Å². The van der Waals surface area contributed by atoms with Crippen molar-refractivity contribution in [3.8, 4) is 11.4 Å². The fourth-order valence-electron chi connectivity index (χ4n) is 1.32. The summed E-state index contributed by atoms with van der Waals surface area (Å²) in [5.74, 6) is 0.682. The highest BCUT2D eigenvalue weighted by molar-refractivity contribution is 7.09. The minimum Gasteiger partial charge on any atom is -0.374 e. The average Bonchev–Trinajstić information content (AvgIpc) is 2.50. The number of anilines is 1. The minimum absolute atomic E-state index is 0.493. The predicted molar refractivity (Wildman–Crippen MR) is 57.0 cm³/mol. The van der Waals surface area contributed by atoms with Gasteiger partial charge in [-0.3, -0.25) is 4.98 Å². The summed E-state index contributed by atoms with van der Waals surface area (Å²) in [6, 6.07) is 3.91. The maximum Gasteiger partial charge on any atom is 0.200 e. The Morgan fingerprint density at radius 3 is 2.29 bits per heavy atom. The molecule has 2 N–H and O–H groups in total. The zero-order valence-electron chi connectivity index (χ0n) is 7.98. The lowest BCUT2D eigenvalue weighted by Gasteiger charge is -1.99. The van der Waals surface area contributed by atoms with Gasteiger partial charge in [0.2, 0.25) is 0 Å². The van der Waals surface area contributed by atoms with Crippen LogP contribution >= 0.6 is 11.5 Å². The minimum atomic E-state index is 0.493. The van der Waals surface area contributed by atoms with Crippen LogP contribution in [0.5, 0.6) is 0 Å². The quantitative estimate of drug-likeness (QED) is 0.772. The van der Waals surface area contributed by atoms with E-state index >= 15 is 0 Å². The van der Waals surface area contributed by atoms with Gasteiger partial charge in [-0.2, -0.15) is 9.36 Å². The Kier molecular flexibility index (Phi) is 2.17. The van der Waals surface area contributed by atoms with Gasteiger partial charge in [0.25, 0.3) is 0 Å². The Labute approximate surface area is 86.0 Å². The number of nitrogen functional groups attached to an aromatic ring is 1. The van der Waals surface area contributed by atoms with Crippen molar-refractivity contribution >= 4 is 16.7 Å². The van der Waals surface area contributed by atoms with Crippen LogP contribution in [0.1, 0.15) is 11.4 Å². The molecule has 0 amide bonds. The van der Waals surface area contributed by atoms with Gasteiger partial charge < -0.3 is 5.73 Å². The molecule has 0 aliphatic rings.